The van der Waals surface area contributed by atoms with Gasteiger partial charge in [0, 0.05) is 24.2 Å². The quantitative estimate of drug-likeness (QED) is 0.721. The fraction of sp³-hybridized carbons (Fsp3) is 0.417. The van der Waals surface area contributed by atoms with Crippen LogP contribution in [0.3, 0.4) is 0 Å². The summed E-state index contributed by atoms with van der Waals surface area (Å²) in [4.78, 5) is 13.0. The van der Waals surface area contributed by atoms with E-state index in [1.54, 1.807) is 29.2 Å². The smallest absolute Gasteiger partial charge is 0.266 e. The van der Waals surface area contributed by atoms with Crippen LogP contribution in [0, 0.1) is 0 Å². The molecule has 2 nitrogen and oxygen atoms in total. The Bertz CT molecular complexity index is 417. The van der Waals surface area contributed by atoms with Gasteiger partial charge in [0.1, 0.15) is 0 Å². The van der Waals surface area contributed by atoms with E-state index < -0.39 is 5.92 Å². The number of alkyl halides is 2. The van der Waals surface area contributed by atoms with Crippen LogP contribution in [0.4, 0.5) is 14.5 Å². The van der Waals surface area contributed by atoms with Crippen LogP contribution in [0.5, 0.6) is 0 Å². The van der Waals surface area contributed by atoms with E-state index >= 15 is 0 Å². The number of hydrogen-bond acceptors (Lipinski definition) is 2. The maximum atomic E-state index is 13.1. The third-order valence-corrected chi connectivity index (χ3v) is 2.79. The predicted octanol–water partition coefficient (Wildman–Crippen LogP) is 2.73. The molecular weight excluding hydrogens is 212 g/mol. The van der Waals surface area contributed by atoms with Crippen molar-refractivity contribution in [3.8, 4) is 0 Å². The zero-order valence-corrected chi connectivity index (χ0v) is 9.04. The van der Waals surface area contributed by atoms with Crippen molar-refractivity contribution in [2.45, 2.75) is 19.3 Å². The monoisotopic (exact) mass is 225 g/mol. The second-order valence-electron chi connectivity index (χ2n) is 4.10. The number of ketones is 1. The topological polar surface area (TPSA) is 20.3 Å². The number of halogens is 2. The summed E-state index contributed by atoms with van der Waals surface area (Å²) in [5.41, 5.74) is 1.13. The first-order chi connectivity index (χ1) is 7.49. The number of hydrogen-bond donors (Lipinski definition) is 0. The molecule has 0 aromatic heterocycles. The van der Waals surface area contributed by atoms with E-state index in [1.807, 2.05) is 0 Å². The molecule has 4 heteroatoms. The lowest BCUT2D eigenvalue weighted by atomic mass is 10.1. The van der Waals surface area contributed by atoms with Crippen LogP contribution >= 0.6 is 0 Å². The van der Waals surface area contributed by atoms with Crippen LogP contribution in [-0.2, 0) is 0 Å². The van der Waals surface area contributed by atoms with Gasteiger partial charge in [-0.1, -0.05) is 12.1 Å². The Hall–Kier alpha value is -1.45. The Morgan fingerprint density at radius 2 is 2.06 bits per heavy atom. The van der Waals surface area contributed by atoms with E-state index in [2.05, 4.69) is 0 Å². The molecule has 1 saturated heterocycles. The largest absolute Gasteiger partial charge is 0.365 e. The normalized spacial score (nSPS) is 18.8. The molecule has 0 bridgehead atoms. The molecule has 1 heterocycles. The summed E-state index contributed by atoms with van der Waals surface area (Å²) in [5, 5.41) is 0. The van der Waals surface area contributed by atoms with E-state index in [-0.39, 0.29) is 18.7 Å². The molecule has 0 aliphatic carbocycles. The lowest BCUT2D eigenvalue weighted by Gasteiger charge is -2.20. The van der Waals surface area contributed by atoms with Gasteiger partial charge in [0.25, 0.3) is 5.92 Å². The zero-order valence-electron chi connectivity index (χ0n) is 9.04. The van der Waals surface area contributed by atoms with Crippen molar-refractivity contribution in [3.63, 3.8) is 0 Å². The minimum Gasteiger partial charge on any atom is -0.365 e. The van der Waals surface area contributed by atoms with Gasteiger partial charge < -0.3 is 4.90 Å². The molecule has 0 unspecified atom stereocenters. The van der Waals surface area contributed by atoms with E-state index in [1.165, 1.54) is 6.92 Å². The van der Waals surface area contributed by atoms with Crippen molar-refractivity contribution in [1.29, 1.82) is 0 Å². The van der Waals surface area contributed by atoms with Crippen molar-refractivity contribution in [2.24, 2.45) is 0 Å². The highest BCUT2D eigenvalue weighted by Crippen LogP contribution is 2.32. The van der Waals surface area contributed by atoms with Crippen LogP contribution in [0.15, 0.2) is 24.3 Å². The van der Waals surface area contributed by atoms with Gasteiger partial charge in [-0.15, -0.1) is 0 Å². The van der Waals surface area contributed by atoms with E-state index in [9.17, 15) is 13.6 Å². The molecule has 2 rings (SSSR count). The van der Waals surface area contributed by atoms with E-state index in [0.717, 1.165) is 0 Å². The maximum Gasteiger partial charge on any atom is 0.266 e. The third-order valence-electron chi connectivity index (χ3n) is 2.79. The Morgan fingerprint density at radius 3 is 2.62 bits per heavy atom. The number of carbonyl (C=O) groups excluding carboxylic acids is 1. The summed E-state index contributed by atoms with van der Waals surface area (Å²) in [6.45, 7) is 1.46. The summed E-state index contributed by atoms with van der Waals surface area (Å²) < 4.78 is 26.2. The average Bonchev–Trinajstić information content (AvgIpc) is 2.59. The molecule has 0 radical (unpaired) electrons. The van der Waals surface area contributed by atoms with Crippen molar-refractivity contribution in [3.05, 3.63) is 29.8 Å². The third kappa shape index (κ3) is 2.05. The van der Waals surface area contributed by atoms with E-state index in [4.69, 9.17) is 0 Å². The summed E-state index contributed by atoms with van der Waals surface area (Å²) in [6, 6.07) is 6.90. The van der Waals surface area contributed by atoms with Crippen molar-refractivity contribution < 1.29 is 13.6 Å². The van der Waals surface area contributed by atoms with Crippen LogP contribution in [-0.4, -0.2) is 24.8 Å². The fourth-order valence-corrected chi connectivity index (χ4v) is 1.99. The number of carbonyl (C=O) groups is 1. The first kappa shape index (κ1) is 11.0. The molecule has 1 fully saturated rings. The van der Waals surface area contributed by atoms with Gasteiger partial charge in [0.05, 0.1) is 6.54 Å². The predicted molar refractivity (Wildman–Crippen MR) is 58.2 cm³/mol. The Labute approximate surface area is 92.9 Å². The fourth-order valence-electron chi connectivity index (χ4n) is 1.99. The van der Waals surface area contributed by atoms with E-state index in [0.29, 0.717) is 17.8 Å². The highest BCUT2D eigenvalue weighted by Gasteiger charge is 2.38. The second-order valence-corrected chi connectivity index (χ2v) is 4.10. The molecule has 86 valence electrons. The summed E-state index contributed by atoms with van der Waals surface area (Å²) in [7, 11) is 0. The molecule has 1 aromatic rings. The van der Waals surface area contributed by atoms with Gasteiger partial charge in [-0.25, -0.2) is 8.78 Å². The first-order valence-electron chi connectivity index (χ1n) is 5.22. The standard InChI is InChI=1S/C12H13F2NO/c1-9(16)10-4-2-3-5-11(10)15-7-6-12(13,14)8-15/h2-5H,6-8H2,1H3. The highest BCUT2D eigenvalue weighted by atomic mass is 19.3. The summed E-state index contributed by atoms with van der Waals surface area (Å²) >= 11 is 0. The second kappa shape index (κ2) is 3.85. The number of anilines is 1. The molecule has 1 aliphatic rings. The number of benzene rings is 1. The Balaban J connectivity index is 2.31. The minimum atomic E-state index is -2.64. The van der Waals surface area contributed by atoms with Crippen LogP contribution in [0.25, 0.3) is 0 Å². The number of Topliss-reactive ketones (excluding diaryl/α,β-unsaturated/α-hetero) is 1. The van der Waals surface area contributed by atoms with Gasteiger partial charge in [0.2, 0.25) is 0 Å². The molecule has 1 aromatic carbocycles. The van der Waals surface area contributed by atoms with Gasteiger partial charge in [0.15, 0.2) is 5.78 Å². The van der Waals surface area contributed by atoms with Gasteiger partial charge in [-0.05, 0) is 19.1 Å². The Morgan fingerprint density at radius 1 is 1.38 bits per heavy atom. The van der Waals surface area contributed by atoms with Crippen LogP contribution < -0.4 is 4.90 Å². The molecule has 0 spiro atoms. The lowest BCUT2D eigenvalue weighted by Crippen LogP contribution is -2.26. The molecule has 0 N–H and O–H groups in total. The molecule has 16 heavy (non-hydrogen) atoms. The maximum absolute atomic E-state index is 13.1. The molecular formula is C12H13F2NO. The van der Waals surface area contributed by atoms with Gasteiger partial charge in [-0.3, -0.25) is 4.79 Å². The van der Waals surface area contributed by atoms with Crippen molar-refractivity contribution >= 4 is 11.5 Å². The van der Waals surface area contributed by atoms with Gasteiger partial charge >= 0.3 is 0 Å². The van der Waals surface area contributed by atoms with Gasteiger partial charge in [-0.2, -0.15) is 0 Å². The number of nitrogens with zero attached hydrogens (tertiary/aromatic N) is 1. The highest BCUT2D eigenvalue weighted by molar-refractivity contribution is 5.99. The summed E-state index contributed by atoms with van der Waals surface area (Å²) in [5.74, 6) is -2.73. The molecule has 1 aliphatic heterocycles. The molecule has 0 saturated carbocycles. The minimum absolute atomic E-state index is 0.0918. The number of para-hydroxylation sites is 1. The van der Waals surface area contributed by atoms with Crippen LogP contribution in [0.1, 0.15) is 23.7 Å². The lowest BCUT2D eigenvalue weighted by molar-refractivity contribution is 0.0257. The SMILES string of the molecule is CC(=O)c1ccccc1N1CCC(F)(F)C1. The Kier molecular flexibility index (Phi) is 2.66. The zero-order chi connectivity index (χ0) is 11.8. The van der Waals surface area contributed by atoms with Crippen LogP contribution in [0.2, 0.25) is 0 Å². The van der Waals surface area contributed by atoms with Crippen molar-refractivity contribution in [2.75, 3.05) is 18.0 Å². The molecule has 0 amide bonds. The average molecular weight is 225 g/mol. The summed E-state index contributed by atoms with van der Waals surface area (Å²) in [6.07, 6.45) is -0.140. The number of rotatable bonds is 2. The molecule has 0 atom stereocenters. The first-order valence-corrected chi connectivity index (χ1v) is 5.22. The van der Waals surface area contributed by atoms with Crippen molar-refractivity contribution in [1.82, 2.24) is 0 Å².